The molecule has 1 unspecified atom stereocenters. The van der Waals surface area contributed by atoms with Crippen molar-refractivity contribution in [3.8, 4) is 0 Å². The Hall–Kier alpha value is -1.86. The molecule has 7 heteroatoms. The van der Waals surface area contributed by atoms with Crippen molar-refractivity contribution in [2.45, 2.75) is 12.3 Å². The molecule has 0 spiro atoms. The second-order valence-corrected chi connectivity index (χ2v) is 8.34. The number of carbonyl (C=O) groups is 1. The molecule has 1 atom stereocenters. The number of hydrogen-bond acceptors (Lipinski definition) is 5. The maximum atomic E-state index is 11.8. The normalized spacial score (nSPS) is 18.5. The van der Waals surface area contributed by atoms with Crippen LogP contribution in [0.25, 0.3) is 10.8 Å². The van der Waals surface area contributed by atoms with Gasteiger partial charge in [0, 0.05) is 13.2 Å². The lowest BCUT2D eigenvalue weighted by Gasteiger charge is -2.19. The lowest BCUT2D eigenvalue weighted by Crippen LogP contribution is -2.23. The fourth-order valence-electron chi connectivity index (χ4n) is 2.28. The van der Waals surface area contributed by atoms with Gasteiger partial charge in [0.1, 0.15) is 5.37 Å². The summed E-state index contributed by atoms with van der Waals surface area (Å²) in [4.78, 5) is 11.8. The number of fused-ring (bicyclic) bond motifs is 1. The van der Waals surface area contributed by atoms with E-state index in [4.69, 9.17) is 0 Å². The summed E-state index contributed by atoms with van der Waals surface area (Å²) in [7, 11) is -3.43. The van der Waals surface area contributed by atoms with Crippen LogP contribution >= 0.6 is 11.8 Å². The van der Waals surface area contributed by atoms with Crippen molar-refractivity contribution in [2.24, 2.45) is 5.10 Å². The van der Waals surface area contributed by atoms with E-state index in [9.17, 15) is 13.2 Å². The number of hydrazone groups is 1. The Kier molecular flexibility index (Phi) is 3.70. The Morgan fingerprint density at radius 3 is 2.50 bits per heavy atom. The Bertz CT molecular complexity index is 891. The quantitative estimate of drug-likeness (QED) is 0.804. The molecule has 0 N–H and O–H groups in total. The van der Waals surface area contributed by atoms with E-state index >= 15 is 0 Å². The second kappa shape index (κ2) is 5.40. The van der Waals surface area contributed by atoms with E-state index < -0.39 is 15.2 Å². The van der Waals surface area contributed by atoms with E-state index in [1.807, 2.05) is 42.5 Å². The van der Waals surface area contributed by atoms with E-state index in [1.54, 1.807) is 0 Å². The van der Waals surface area contributed by atoms with Crippen LogP contribution in [0, 0.1) is 0 Å². The Balaban J connectivity index is 2.04. The number of nitrogens with zero attached hydrogens (tertiary/aromatic N) is 2. The number of sulfone groups is 1. The highest BCUT2D eigenvalue weighted by Gasteiger charge is 2.35. The van der Waals surface area contributed by atoms with Gasteiger partial charge in [-0.1, -0.05) is 48.2 Å². The molecule has 0 saturated heterocycles. The average molecular weight is 334 g/mol. The minimum absolute atomic E-state index is 0.0270. The molecular weight excluding hydrogens is 320 g/mol. The third kappa shape index (κ3) is 2.74. The highest BCUT2D eigenvalue weighted by Crippen LogP contribution is 2.41. The van der Waals surface area contributed by atoms with Gasteiger partial charge in [-0.05, 0) is 22.4 Å². The third-order valence-corrected chi connectivity index (χ3v) is 6.21. The molecule has 3 rings (SSSR count). The smallest absolute Gasteiger partial charge is 0.240 e. The van der Waals surface area contributed by atoms with Crippen molar-refractivity contribution in [2.75, 3.05) is 6.26 Å². The van der Waals surface area contributed by atoms with Gasteiger partial charge in [0.25, 0.3) is 0 Å². The van der Waals surface area contributed by atoms with Crippen LogP contribution in [0.4, 0.5) is 0 Å². The summed E-state index contributed by atoms with van der Waals surface area (Å²) in [5, 5.41) is 6.88. The van der Waals surface area contributed by atoms with Gasteiger partial charge in [0.15, 0.2) is 0 Å². The van der Waals surface area contributed by atoms with Crippen molar-refractivity contribution in [3.05, 3.63) is 48.0 Å². The molecule has 0 aromatic heterocycles. The predicted molar refractivity (Wildman–Crippen MR) is 89.1 cm³/mol. The first-order chi connectivity index (χ1) is 10.4. The Morgan fingerprint density at radius 2 is 1.86 bits per heavy atom. The highest BCUT2D eigenvalue weighted by molar-refractivity contribution is 8.35. The second-order valence-electron chi connectivity index (χ2n) is 5.08. The zero-order valence-corrected chi connectivity index (χ0v) is 13.7. The van der Waals surface area contributed by atoms with Crippen LogP contribution < -0.4 is 0 Å². The maximum absolute atomic E-state index is 11.8. The minimum atomic E-state index is -3.43. The molecule has 0 bridgehead atoms. The first kappa shape index (κ1) is 15.1. The van der Waals surface area contributed by atoms with Crippen LogP contribution in [0.3, 0.4) is 0 Å². The topological polar surface area (TPSA) is 66.8 Å². The Labute approximate surface area is 132 Å². The first-order valence-corrected chi connectivity index (χ1v) is 9.37. The zero-order chi connectivity index (χ0) is 15.9. The predicted octanol–water partition coefficient (Wildman–Crippen LogP) is 2.75. The van der Waals surface area contributed by atoms with Gasteiger partial charge in [-0.2, -0.15) is 0 Å². The number of hydrogen-bond donors (Lipinski definition) is 0. The van der Waals surface area contributed by atoms with Gasteiger partial charge < -0.3 is 0 Å². The lowest BCUT2D eigenvalue weighted by molar-refractivity contribution is -0.129. The van der Waals surface area contributed by atoms with Crippen LogP contribution in [0.15, 0.2) is 47.6 Å². The molecular formula is C15H14N2O3S2. The SMILES string of the molecule is CC(=O)N1N=C(S(C)(=O)=O)SC1c1ccc2ccccc2c1. The summed E-state index contributed by atoms with van der Waals surface area (Å²) in [6.45, 7) is 1.38. The molecule has 0 fully saturated rings. The van der Waals surface area contributed by atoms with E-state index in [1.165, 1.54) is 11.9 Å². The lowest BCUT2D eigenvalue weighted by atomic mass is 10.1. The standard InChI is InChI=1S/C15H14N2O3S2/c1-10(18)17-14(21-15(16-17)22(2,19)20)13-8-7-11-5-3-4-6-12(11)9-13/h3-9,14H,1-2H3. The molecule has 0 radical (unpaired) electrons. The van der Waals surface area contributed by atoms with Gasteiger partial charge in [0.2, 0.25) is 20.1 Å². The molecule has 1 aliphatic rings. The molecule has 2 aromatic rings. The molecule has 1 heterocycles. The largest absolute Gasteiger partial charge is 0.273 e. The van der Waals surface area contributed by atoms with Crippen LogP contribution in [0.1, 0.15) is 17.9 Å². The molecule has 1 aliphatic heterocycles. The van der Waals surface area contributed by atoms with E-state index in [-0.39, 0.29) is 10.3 Å². The van der Waals surface area contributed by atoms with Crippen molar-refractivity contribution < 1.29 is 13.2 Å². The van der Waals surface area contributed by atoms with Gasteiger partial charge in [0.05, 0.1) is 0 Å². The molecule has 114 valence electrons. The first-order valence-electron chi connectivity index (χ1n) is 6.60. The summed E-state index contributed by atoms with van der Waals surface area (Å²) < 4.78 is 23.4. The number of rotatable bonds is 1. The number of benzene rings is 2. The highest BCUT2D eigenvalue weighted by atomic mass is 32.3. The summed E-state index contributed by atoms with van der Waals surface area (Å²) >= 11 is 1.08. The van der Waals surface area contributed by atoms with Gasteiger partial charge in [-0.3, -0.25) is 4.79 Å². The monoisotopic (exact) mass is 334 g/mol. The van der Waals surface area contributed by atoms with Crippen molar-refractivity contribution in [1.29, 1.82) is 0 Å². The summed E-state index contributed by atoms with van der Waals surface area (Å²) in [6, 6.07) is 13.7. The van der Waals surface area contributed by atoms with Crippen LogP contribution in [0.5, 0.6) is 0 Å². The van der Waals surface area contributed by atoms with Crippen molar-refractivity contribution in [1.82, 2.24) is 5.01 Å². The van der Waals surface area contributed by atoms with E-state index in [0.29, 0.717) is 0 Å². The van der Waals surface area contributed by atoms with E-state index in [0.717, 1.165) is 34.4 Å². The summed E-state index contributed by atoms with van der Waals surface area (Å²) in [5.74, 6) is -0.288. The van der Waals surface area contributed by atoms with E-state index in [2.05, 4.69) is 5.10 Å². The molecule has 2 aromatic carbocycles. The number of amides is 1. The van der Waals surface area contributed by atoms with Gasteiger partial charge in [-0.25, -0.2) is 13.4 Å². The van der Waals surface area contributed by atoms with Crippen LogP contribution in [-0.4, -0.2) is 30.0 Å². The fourth-order valence-corrected chi connectivity index (χ4v) is 4.39. The number of thioether (sulfide) groups is 1. The minimum Gasteiger partial charge on any atom is -0.273 e. The Morgan fingerprint density at radius 1 is 1.18 bits per heavy atom. The molecule has 1 amide bonds. The molecule has 0 saturated carbocycles. The maximum Gasteiger partial charge on any atom is 0.240 e. The van der Waals surface area contributed by atoms with Crippen LogP contribution in [-0.2, 0) is 14.6 Å². The summed E-state index contributed by atoms with van der Waals surface area (Å²) in [5.41, 5.74) is 0.848. The zero-order valence-electron chi connectivity index (χ0n) is 12.1. The summed E-state index contributed by atoms with van der Waals surface area (Å²) in [6.07, 6.45) is 1.10. The van der Waals surface area contributed by atoms with Crippen molar-refractivity contribution >= 4 is 42.7 Å². The third-order valence-electron chi connectivity index (χ3n) is 3.32. The van der Waals surface area contributed by atoms with Crippen molar-refractivity contribution in [3.63, 3.8) is 0 Å². The molecule has 0 aliphatic carbocycles. The van der Waals surface area contributed by atoms with Crippen LogP contribution in [0.2, 0.25) is 0 Å². The average Bonchev–Trinajstić information content (AvgIpc) is 2.92. The molecule has 5 nitrogen and oxygen atoms in total. The number of carbonyl (C=O) groups excluding carboxylic acids is 1. The molecule has 22 heavy (non-hydrogen) atoms. The fraction of sp³-hybridized carbons (Fsp3) is 0.200. The van der Waals surface area contributed by atoms with Gasteiger partial charge in [-0.15, -0.1) is 5.10 Å². The van der Waals surface area contributed by atoms with Gasteiger partial charge >= 0.3 is 0 Å².